The van der Waals surface area contributed by atoms with Crippen molar-refractivity contribution in [3.05, 3.63) is 69.2 Å². The van der Waals surface area contributed by atoms with Gasteiger partial charge in [-0.25, -0.2) is 0 Å². The molecule has 0 saturated heterocycles. The minimum absolute atomic E-state index is 0.166. The van der Waals surface area contributed by atoms with Crippen molar-refractivity contribution in [2.75, 3.05) is 0 Å². The SMILES string of the molecule is Cc1cc(C(=O)NCc2ccc(C(O)c3ccco3)s2)c(C)o1. The maximum atomic E-state index is 12.1. The summed E-state index contributed by atoms with van der Waals surface area (Å²) in [5.41, 5.74) is 0.551. The van der Waals surface area contributed by atoms with Gasteiger partial charge in [0.15, 0.2) is 0 Å². The fourth-order valence-electron chi connectivity index (χ4n) is 2.34. The van der Waals surface area contributed by atoms with Crippen molar-refractivity contribution in [3.8, 4) is 0 Å². The second-order valence-corrected chi connectivity index (χ2v) is 6.43. The number of amides is 1. The third-order valence-electron chi connectivity index (χ3n) is 3.47. The zero-order valence-corrected chi connectivity index (χ0v) is 13.6. The minimum Gasteiger partial charge on any atom is -0.466 e. The van der Waals surface area contributed by atoms with Gasteiger partial charge in [0.1, 0.15) is 23.4 Å². The van der Waals surface area contributed by atoms with Crippen LogP contribution in [0.1, 0.15) is 43.5 Å². The number of hydrogen-bond acceptors (Lipinski definition) is 5. The molecule has 2 N–H and O–H groups in total. The van der Waals surface area contributed by atoms with Crippen molar-refractivity contribution in [2.45, 2.75) is 26.5 Å². The van der Waals surface area contributed by atoms with Crippen molar-refractivity contribution in [1.29, 1.82) is 0 Å². The summed E-state index contributed by atoms with van der Waals surface area (Å²) in [4.78, 5) is 13.9. The average Bonchev–Trinajstić information content (AvgIpc) is 3.25. The Bertz CT molecular complexity index is 801. The molecular formula is C17H17NO4S. The van der Waals surface area contributed by atoms with Gasteiger partial charge in [-0.3, -0.25) is 4.79 Å². The standard InChI is InChI=1S/C17H17NO4S/c1-10-8-13(11(2)22-10)17(20)18-9-12-5-6-15(23-12)16(19)14-4-3-7-21-14/h3-8,16,19H,9H2,1-2H3,(H,18,20). The number of furan rings is 2. The molecule has 0 bridgehead atoms. The van der Waals surface area contributed by atoms with Crippen LogP contribution >= 0.6 is 11.3 Å². The van der Waals surface area contributed by atoms with E-state index in [1.54, 1.807) is 25.1 Å². The molecule has 0 aliphatic heterocycles. The predicted molar refractivity (Wildman–Crippen MR) is 86.4 cm³/mol. The van der Waals surface area contributed by atoms with Gasteiger partial charge < -0.3 is 19.3 Å². The van der Waals surface area contributed by atoms with Crippen molar-refractivity contribution >= 4 is 17.2 Å². The number of aryl methyl sites for hydroxylation is 2. The molecule has 0 aliphatic rings. The Morgan fingerprint density at radius 2 is 2.17 bits per heavy atom. The number of nitrogens with one attached hydrogen (secondary N) is 1. The zero-order valence-electron chi connectivity index (χ0n) is 12.8. The fraction of sp³-hybridized carbons (Fsp3) is 0.235. The number of thiophene rings is 1. The summed E-state index contributed by atoms with van der Waals surface area (Å²) in [6.45, 7) is 3.98. The van der Waals surface area contributed by atoms with Crippen molar-refractivity contribution in [1.82, 2.24) is 5.32 Å². The molecular weight excluding hydrogens is 314 g/mol. The Hall–Kier alpha value is -2.31. The number of carbonyl (C=O) groups is 1. The Morgan fingerprint density at radius 1 is 1.35 bits per heavy atom. The molecule has 120 valence electrons. The lowest BCUT2D eigenvalue weighted by Crippen LogP contribution is -2.22. The molecule has 0 fully saturated rings. The second-order valence-electron chi connectivity index (χ2n) is 5.23. The molecule has 3 aromatic heterocycles. The highest BCUT2D eigenvalue weighted by atomic mass is 32.1. The largest absolute Gasteiger partial charge is 0.466 e. The summed E-state index contributed by atoms with van der Waals surface area (Å²) in [5.74, 6) is 1.67. The molecule has 0 saturated carbocycles. The van der Waals surface area contributed by atoms with E-state index >= 15 is 0 Å². The molecule has 1 unspecified atom stereocenters. The van der Waals surface area contributed by atoms with Crippen LogP contribution in [-0.4, -0.2) is 11.0 Å². The Morgan fingerprint density at radius 3 is 2.83 bits per heavy atom. The van der Waals surface area contributed by atoms with E-state index in [2.05, 4.69) is 5.32 Å². The maximum absolute atomic E-state index is 12.1. The van der Waals surface area contributed by atoms with Crippen LogP contribution in [0.3, 0.4) is 0 Å². The van der Waals surface area contributed by atoms with E-state index in [-0.39, 0.29) is 5.91 Å². The molecule has 0 radical (unpaired) electrons. The Labute approximate surface area is 137 Å². The summed E-state index contributed by atoms with van der Waals surface area (Å²) in [6, 6.07) is 8.93. The molecule has 5 nitrogen and oxygen atoms in total. The average molecular weight is 331 g/mol. The van der Waals surface area contributed by atoms with Gasteiger partial charge in [-0.15, -0.1) is 11.3 Å². The van der Waals surface area contributed by atoms with Gasteiger partial charge in [0.05, 0.1) is 18.4 Å². The van der Waals surface area contributed by atoms with Crippen LogP contribution in [0.2, 0.25) is 0 Å². The van der Waals surface area contributed by atoms with Gasteiger partial charge in [-0.2, -0.15) is 0 Å². The van der Waals surface area contributed by atoms with E-state index in [0.29, 0.717) is 29.4 Å². The second kappa shape index (κ2) is 6.44. The van der Waals surface area contributed by atoms with Crippen molar-refractivity contribution in [2.24, 2.45) is 0 Å². The third-order valence-corrected chi connectivity index (χ3v) is 4.61. The van der Waals surface area contributed by atoms with E-state index < -0.39 is 6.10 Å². The molecule has 1 amide bonds. The molecule has 0 aromatic carbocycles. The highest BCUT2D eigenvalue weighted by Gasteiger charge is 2.17. The molecule has 3 aromatic rings. The van der Waals surface area contributed by atoms with Gasteiger partial charge in [-0.05, 0) is 44.2 Å². The van der Waals surface area contributed by atoms with Gasteiger partial charge >= 0.3 is 0 Å². The number of aliphatic hydroxyl groups excluding tert-OH is 1. The summed E-state index contributed by atoms with van der Waals surface area (Å²) in [5, 5.41) is 13.1. The summed E-state index contributed by atoms with van der Waals surface area (Å²) in [7, 11) is 0. The van der Waals surface area contributed by atoms with E-state index in [1.165, 1.54) is 17.6 Å². The van der Waals surface area contributed by atoms with Crippen LogP contribution in [0.4, 0.5) is 0 Å². The summed E-state index contributed by atoms with van der Waals surface area (Å²) >= 11 is 1.44. The maximum Gasteiger partial charge on any atom is 0.255 e. The number of hydrogen-bond donors (Lipinski definition) is 2. The van der Waals surface area contributed by atoms with Crippen LogP contribution < -0.4 is 5.32 Å². The molecule has 3 rings (SSSR count). The lowest BCUT2D eigenvalue weighted by Gasteiger charge is -2.04. The lowest BCUT2D eigenvalue weighted by molar-refractivity contribution is 0.0950. The normalized spacial score (nSPS) is 12.3. The number of rotatable bonds is 5. The predicted octanol–water partition coefficient (Wildman–Crippen LogP) is 3.56. The van der Waals surface area contributed by atoms with Crippen LogP contribution in [0, 0.1) is 13.8 Å². The molecule has 6 heteroatoms. The van der Waals surface area contributed by atoms with Crippen molar-refractivity contribution in [3.63, 3.8) is 0 Å². The first-order valence-corrected chi connectivity index (χ1v) is 8.01. The quantitative estimate of drug-likeness (QED) is 0.749. The van der Waals surface area contributed by atoms with E-state index in [0.717, 1.165) is 9.75 Å². The third kappa shape index (κ3) is 3.38. The highest BCUT2D eigenvalue weighted by molar-refractivity contribution is 7.12. The molecule has 1 atom stereocenters. The van der Waals surface area contributed by atoms with E-state index in [1.807, 2.05) is 19.1 Å². The van der Waals surface area contributed by atoms with Crippen LogP contribution in [0.5, 0.6) is 0 Å². The smallest absolute Gasteiger partial charge is 0.255 e. The van der Waals surface area contributed by atoms with Crippen LogP contribution in [0.15, 0.2) is 45.4 Å². The van der Waals surface area contributed by atoms with Crippen molar-refractivity contribution < 1.29 is 18.7 Å². The zero-order chi connectivity index (χ0) is 16.4. The number of carbonyl (C=O) groups excluding carboxylic acids is 1. The number of aliphatic hydroxyl groups is 1. The molecule has 0 spiro atoms. The van der Waals surface area contributed by atoms with E-state index in [9.17, 15) is 9.90 Å². The van der Waals surface area contributed by atoms with Gasteiger partial charge in [0.25, 0.3) is 5.91 Å². The van der Waals surface area contributed by atoms with Gasteiger partial charge in [-0.1, -0.05) is 0 Å². The molecule has 0 aliphatic carbocycles. The first kappa shape index (κ1) is 15.6. The lowest BCUT2D eigenvalue weighted by atomic mass is 10.2. The van der Waals surface area contributed by atoms with Gasteiger partial charge in [0, 0.05) is 9.75 Å². The topological polar surface area (TPSA) is 75.6 Å². The summed E-state index contributed by atoms with van der Waals surface area (Å²) in [6.07, 6.45) is 0.751. The molecule has 3 heterocycles. The first-order chi connectivity index (χ1) is 11.0. The molecule has 23 heavy (non-hydrogen) atoms. The monoisotopic (exact) mass is 331 g/mol. The van der Waals surface area contributed by atoms with E-state index in [4.69, 9.17) is 8.83 Å². The van der Waals surface area contributed by atoms with Crippen LogP contribution in [0.25, 0.3) is 0 Å². The summed E-state index contributed by atoms with van der Waals surface area (Å²) < 4.78 is 10.6. The fourth-order valence-corrected chi connectivity index (χ4v) is 3.29. The highest BCUT2D eigenvalue weighted by Crippen LogP contribution is 2.28. The first-order valence-electron chi connectivity index (χ1n) is 7.20. The minimum atomic E-state index is -0.779. The Kier molecular flexibility index (Phi) is 4.36. The Balaban J connectivity index is 1.63. The van der Waals surface area contributed by atoms with Gasteiger partial charge in [0.2, 0.25) is 0 Å². The van der Waals surface area contributed by atoms with Crippen LogP contribution in [-0.2, 0) is 6.54 Å².